The molecule has 4 heteroatoms. The maximum absolute atomic E-state index is 11.1. The first-order valence-electron chi connectivity index (χ1n) is 6.18. The molecule has 1 aromatic carbocycles. The van der Waals surface area contributed by atoms with E-state index in [9.17, 15) is 9.90 Å². The van der Waals surface area contributed by atoms with Gasteiger partial charge in [0.15, 0.2) is 0 Å². The summed E-state index contributed by atoms with van der Waals surface area (Å²) in [5, 5.41) is 19.4. The van der Waals surface area contributed by atoms with Gasteiger partial charge in [-0.3, -0.25) is 4.79 Å². The molecule has 2 N–H and O–H groups in total. The van der Waals surface area contributed by atoms with Gasteiger partial charge in [-0.2, -0.15) is 0 Å². The van der Waals surface area contributed by atoms with Crippen LogP contribution in [-0.4, -0.2) is 23.3 Å². The smallest absolute Gasteiger partial charge is 0.306 e. The molecular weight excluding hydrogens is 232 g/mol. The lowest BCUT2D eigenvalue weighted by Crippen LogP contribution is -2.23. The molecule has 1 aliphatic carbocycles. The molecule has 3 unspecified atom stereocenters. The summed E-state index contributed by atoms with van der Waals surface area (Å²) in [6.45, 7) is 0. The van der Waals surface area contributed by atoms with Gasteiger partial charge in [0.1, 0.15) is 5.75 Å². The summed E-state index contributed by atoms with van der Waals surface area (Å²) in [5.74, 6) is -0.685. The minimum Gasteiger partial charge on any atom is -0.497 e. The number of carboxylic acid groups (broad SMARTS) is 1. The lowest BCUT2D eigenvalue weighted by atomic mass is 9.87. The highest BCUT2D eigenvalue weighted by Gasteiger charge is 2.37. The highest BCUT2D eigenvalue weighted by Crippen LogP contribution is 2.40. The van der Waals surface area contributed by atoms with Gasteiger partial charge in [0.25, 0.3) is 0 Å². The fourth-order valence-corrected chi connectivity index (χ4v) is 2.72. The number of hydrogen-bond donors (Lipinski definition) is 2. The largest absolute Gasteiger partial charge is 0.497 e. The molecule has 0 aromatic heterocycles. The maximum Gasteiger partial charge on any atom is 0.306 e. The Morgan fingerprint density at radius 1 is 1.33 bits per heavy atom. The van der Waals surface area contributed by atoms with E-state index >= 15 is 0 Å². The van der Waals surface area contributed by atoms with Crippen molar-refractivity contribution in [1.29, 1.82) is 0 Å². The number of carboxylic acids is 1. The lowest BCUT2D eigenvalue weighted by Gasteiger charge is -2.22. The van der Waals surface area contributed by atoms with Gasteiger partial charge in [-0.25, -0.2) is 0 Å². The van der Waals surface area contributed by atoms with Gasteiger partial charge >= 0.3 is 5.97 Å². The summed E-state index contributed by atoms with van der Waals surface area (Å²) >= 11 is 0. The summed E-state index contributed by atoms with van der Waals surface area (Å²) in [6, 6.07) is 7.15. The second-order valence-corrected chi connectivity index (χ2v) is 4.76. The zero-order chi connectivity index (χ0) is 13.1. The summed E-state index contributed by atoms with van der Waals surface area (Å²) in [5.41, 5.74) is 0.758. The molecule has 0 saturated heterocycles. The topological polar surface area (TPSA) is 66.8 Å². The van der Waals surface area contributed by atoms with Crippen molar-refractivity contribution in [2.45, 2.75) is 25.4 Å². The van der Waals surface area contributed by atoms with Crippen LogP contribution in [0.4, 0.5) is 0 Å². The number of aliphatic carboxylic acids is 1. The number of aliphatic hydroxyl groups is 1. The van der Waals surface area contributed by atoms with Crippen molar-refractivity contribution in [3.05, 3.63) is 29.8 Å². The van der Waals surface area contributed by atoms with E-state index in [2.05, 4.69) is 0 Å². The normalized spacial score (nSPS) is 24.8. The van der Waals surface area contributed by atoms with Crippen molar-refractivity contribution >= 4 is 5.97 Å². The van der Waals surface area contributed by atoms with E-state index in [4.69, 9.17) is 9.84 Å². The molecule has 18 heavy (non-hydrogen) atoms. The molecule has 0 amide bonds. The van der Waals surface area contributed by atoms with E-state index in [1.165, 1.54) is 0 Å². The quantitative estimate of drug-likeness (QED) is 0.860. The van der Waals surface area contributed by atoms with Crippen LogP contribution in [0.15, 0.2) is 24.3 Å². The molecule has 1 fully saturated rings. The molecule has 98 valence electrons. The van der Waals surface area contributed by atoms with Crippen LogP contribution in [-0.2, 0) is 4.79 Å². The second-order valence-electron chi connectivity index (χ2n) is 4.76. The molecule has 4 nitrogen and oxygen atoms in total. The van der Waals surface area contributed by atoms with Crippen molar-refractivity contribution in [3.8, 4) is 5.75 Å². The van der Waals surface area contributed by atoms with Crippen LogP contribution in [0.5, 0.6) is 5.75 Å². The molecule has 1 aromatic rings. The lowest BCUT2D eigenvalue weighted by molar-refractivity contribution is -0.144. The highest BCUT2D eigenvalue weighted by atomic mass is 16.5. The fraction of sp³-hybridized carbons (Fsp3) is 0.500. The molecule has 0 heterocycles. The fourth-order valence-electron chi connectivity index (χ4n) is 2.72. The summed E-state index contributed by atoms with van der Waals surface area (Å²) in [7, 11) is 1.59. The van der Waals surface area contributed by atoms with Crippen molar-refractivity contribution in [2.75, 3.05) is 7.11 Å². The third-order valence-electron chi connectivity index (χ3n) is 3.75. The monoisotopic (exact) mass is 250 g/mol. The highest BCUT2D eigenvalue weighted by molar-refractivity contribution is 5.70. The van der Waals surface area contributed by atoms with E-state index in [1.807, 2.05) is 0 Å². The Balaban J connectivity index is 2.14. The Kier molecular flexibility index (Phi) is 3.87. The van der Waals surface area contributed by atoms with Gasteiger partial charge in [0.2, 0.25) is 0 Å². The van der Waals surface area contributed by atoms with Crippen LogP contribution < -0.4 is 4.74 Å². The zero-order valence-electron chi connectivity index (χ0n) is 10.4. The summed E-state index contributed by atoms with van der Waals surface area (Å²) < 4.78 is 5.06. The number of hydrogen-bond acceptors (Lipinski definition) is 3. The minimum absolute atomic E-state index is 0.184. The first-order valence-corrected chi connectivity index (χ1v) is 6.18. The number of rotatable bonds is 4. The number of aliphatic hydroxyl groups excluding tert-OH is 1. The van der Waals surface area contributed by atoms with Crippen LogP contribution >= 0.6 is 0 Å². The first kappa shape index (κ1) is 12.9. The van der Waals surface area contributed by atoms with Crippen molar-refractivity contribution < 1.29 is 19.7 Å². The Labute approximate surface area is 106 Å². The first-order chi connectivity index (χ1) is 8.63. The molecule has 0 bridgehead atoms. The molecule has 0 aliphatic heterocycles. The van der Waals surface area contributed by atoms with Gasteiger partial charge in [-0.05, 0) is 30.5 Å². The van der Waals surface area contributed by atoms with Crippen LogP contribution in [0.3, 0.4) is 0 Å². The molecule has 3 atom stereocenters. The molecule has 0 spiro atoms. The van der Waals surface area contributed by atoms with Crippen molar-refractivity contribution in [3.63, 3.8) is 0 Å². The molecular formula is C14H18O4. The molecule has 0 radical (unpaired) electrons. The summed E-state index contributed by atoms with van der Waals surface area (Å²) in [4.78, 5) is 11.1. The van der Waals surface area contributed by atoms with Crippen LogP contribution in [0, 0.1) is 11.8 Å². The van der Waals surface area contributed by atoms with E-state index < -0.39 is 18.0 Å². The van der Waals surface area contributed by atoms with Gasteiger partial charge in [0, 0.05) is 5.92 Å². The Morgan fingerprint density at radius 2 is 2.00 bits per heavy atom. The van der Waals surface area contributed by atoms with Crippen molar-refractivity contribution in [2.24, 2.45) is 11.8 Å². The number of methoxy groups -OCH3 is 1. The average Bonchev–Trinajstić information content (AvgIpc) is 2.87. The van der Waals surface area contributed by atoms with E-state index in [1.54, 1.807) is 31.4 Å². The standard InChI is InChI=1S/C14H18O4/c1-18-10-7-5-9(6-8-10)13(15)11-3-2-4-12(11)14(16)17/h5-8,11-13,15H,2-4H2,1H3,(H,16,17). The van der Waals surface area contributed by atoms with E-state index in [0.717, 1.165) is 24.2 Å². The Morgan fingerprint density at radius 3 is 2.56 bits per heavy atom. The van der Waals surface area contributed by atoms with Gasteiger partial charge in [-0.1, -0.05) is 18.6 Å². The maximum atomic E-state index is 11.1. The number of ether oxygens (including phenoxy) is 1. The van der Waals surface area contributed by atoms with Crippen LogP contribution in [0.25, 0.3) is 0 Å². The van der Waals surface area contributed by atoms with Crippen molar-refractivity contribution in [1.82, 2.24) is 0 Å². The van der Waals surface area contributed by atoms with Gasteiger partial charge in [-0.15, -0.1) is 0 Å². The average molecular weight is 250 g/mol. The van der Waals surface area contributed by atoms with Crippen LogP contribution in [0.1, 0.15) is 30.9 Å². The molecule has 1 aliphatic rings. The van der Waals surface area contributed by atoms with Gasteiger partial charge in [0.05, 0.1) is 19.1 Å². The second kappa shape index (κ2) is 5.40. The minimum atomic E-state index is -0.801. The Bertz CT molecular complexity index is 412. The zero-order valence-corrected chi connectivity index (χ0v) is 10.4. The summed E-state index contributed by atoms with van der Waals surface area (Å²) in [6.07, 6.45) is 1.59. The number of benzene rings is 1. The Hall–Kier alpha value is -1.55. The molecule has 2 rings (SSSR count). The SMILES string of the molecule is COc1ccc(C(O)C2CCCC2C(=O)O)cc1. The van der Waals surface area contributed by atoms with Gasteiger partial charge < -0.3 is 14.9 Å². The third kappa shape index (κ3) is 2.48. The van der Waals surface area contributed by atoms with Crippen LogP contribution in [0.2, 0.25) is 0 Å². The molecule has 1 saturated carbocycles. The predicted octanol–water partition coefficient (Wildman–Crippen LogP) is 2.23. The van der Waals surface area contributed by atoms with E-state index in [-0.39, 0.29) is 5.92 Å². The van der Waals surface area contributed by atoms with E-state index in [0.29, 0.717) is 6.42 Å². The predicted molar refractivity (Wildman–Crippen MR) is 66.4 cm³/mol. The third-order valence-corrected chi connectivity index (χ3v) is 3.75. The number of carbonyl (C=O) groups is 1.